The Morgan fingerprint density at radius 2 is 1.91 bits per heavy atom. The van der Waals surface area contributed by atoms with E-state index in [0.29, 0.717) is 17.0 Å². The predicted molar refractivity (Wildman–Crippen MR) is 87.8 cm³/mol. The van der Waals surface area contributed by atoms with Crippen LogP contribution in [0.3, 0.4) is 0 Å². The molecule has 0 aliphatic carbocycles. The van der Waals surface area contributed by atoms with Crippen LogP contribution < -0.4 is 16.0 Å². The van der Waals surface area contributed by atoms with Gasteiger partial charge < -0.3 is 9.30 Å². The van der Waals surface area contributed by atoms with Crippen molar-refractivity contribution >= 4 is 11.2 Å². The van der Waals surface area contributed by atoms with Crippen LogP contribution in [0, 0.1) is 0 Å². The monoisotopic (exact) mass is 314 g/mol. The van der Waals surface area contributed by atoms with Gasteiger partial charge in [-0.3, -0.25) is 14.3 Å². The molecule has 0 amide bonds. The lowest BCUT2D eigenvalue weighted by atomic mass is 10.2. The number of nitrogens with zero attached hydrogens (tertiary/aromatic N) is 3. The fourth-order valence-corrected chi connectivity index (χ4v) is 2.55. The number of benzene rings is 1. The van der Waals surface area contributed by atoms with Crippen LogP contribution in [-0.2, 0) is 14.1 Å². The molecule has 0 aliphatic heterocycles. The number of imidazole rings is 1. The average Bonchev–Trinajstić information content (AvgIpc) is 2.83. The van der Waals surface area contributed by atoms with Crippen molar-refractivity contribution in [1.29, 1.82) is 0 Å². The molecular weight excluding hydrogens is 296 g/mol. The number of nitrogens with one attached hydrogen (secondary N) is 1. The van der Waals surface area contributed by atoms with E-state index in [-0.39, 0.29) is 6.10 Å². The van der Waals surface area contributed by atoms with E-state index in [4.69, 9.17) is 4.74 Å². The highest BCUT2D eigenvalue weighted by Gasteiger charge is 2.16. The van der Waals surface area contributed by atoms with Gasteiger partial charge in [-0.15, -0.1) is 0 Å². The van der Waals surface area contributed by atoms with Crippen molar-refractivity contribution in [3.8, 4) is 17.1 Å². The van der Waals surface area contributed by atoms with Crippen LogP contribution in [0.5, 0.6) is 5.75 Å². The minimum Gasteiger partial charge on any atom is -0.491 e. The molecule has 7 heteroatoms. The van der Waals surface area contributed by atoms with E-state index in [0.717, 1.165) is 11.3 Å². The Balaban J connectivity index is 2.24. The SMILES string of the molecule is CC(C)Oc1cccc(-c2nc3c(c(=O)[nH]c(=O)n3C)n2C)c1. The summed E-state index contributed by atoms with van der Waals surface area (Å²) in [4.78, 5) is 30.6. The van der Waals surface area contributed by atoms with Crippen LogP contribution in [0.15, 0.2) is 33.9 Å². The van der Waals surface area contributed by atoms with E-state index in [1.807, 2.05) is 38.1 Å². The number of fused-ring (bicyclic) bond motifs is 1. The zero-order valence-electron chi connectivity index (χ0n) is 13.5. The Morgan fingerprint density at radius 3 is 2.61 bits per heavy atom. The van der Waals surface area contributed by atoms with E-state index < -0.39 is 11.2 Å². The Bertz CT molecular complexity index is 995. The van der Waals surface area contributed by atoms with Crippen LogP contribution in [-0.4, -0.2) is 25.2 Å². The van der Waals surface area contributed by atoms with E-state index in [1.165, 1.54) is 4.57 Å². The maximum atomic E-state index is 12.1. The van der Waals surface area contributed by atoms with E-state index in [2.05, 4.69) is 9.97 Å². The van der Waals surface area contributed by atoms with Crippen LogP contribution in [0.4, 0.5) is 0 Å². The molecular formula is C16H18N4O3. The highest BCUT2D eigenvalue weighted by molar-refractivity contribution is 5.77. The first-order valence-corrected chi connectivity index (χ1v) is 7.31. The second-order valence-corrected chi connectivity index (χ2v) is 5.68. The molecule has 3 rings (SSSR count). The quantitative estimate of drug-likeness (QED) is 0.792. The summed E-state index contributed by atoms with van der Waals surface area (Å²) in [5.41, 5.74) is 0.598. The van der Waals surface area contributed by atoms with Gasteiger partial charge in [0.1, 0.15) is 11.6 Å². The van der Waals surface area contributed by atoms with Gasteiger partial charge in [-0.2, -0.15) is 0 Å². The molecule has 7 nitrogen and oxygen atoms in total. The molecule has 0 radical (unpaired) electrons. The molecule has 0 spiro atoms. The zero-order chi connectivity index (χ0) is 16.7. The topological polar surface area (TPSA) is 81.9 Å². The normalized spacial score (nSPS) is 11.3. The van der Waals surface area contributed by atoms with Crippen molar-refractivity contribution in [2.75, 3.05) is 0 Å². The summed E-state index contributed by atoms with van der Waals surface area (Å²) in [5, 5.41) is 0. The fraction of sp³-hybridized carbons (Fsp3) is 0.312. The summed E-state index contributed by atoms with van der Waals surface area (Å²) < 4.78 is 8.71. The molecule has 120 valence electrons. The highest BCUT2D eigenvalue weighted by Crippen LogP contribution is 2.25. The molecule has 0 saturated carbocycles. The first kappa shape index (κ1) is 15.1. The molecule has 0 fully saturated rings. The van der Waals surface area contributed by atoms with Gasteiger partial charge in [-0.1, -0.05) is 12.1 Å². The lowest BCUT2D eigenvalue weighted by Crippen LogP contribution is -2.29. The minimum atomic E-state index is -0.482. The van der Waals surface area contributed by atoms with Gasteiger partial charge in [-0.05, 0) is 26.0 Å². The van der Waals surface area contributed by atoms with Crippen molar-refractivity contribution < 1.29 is 4.74 Å². The van der Waals surface area contributed by atoms with Crippen LogP contribution in [0.2, 0.25) is 0 Å². The van der Waals surface area contributed by atoms with Gasteiger partial charge in [0.05, 0.1) is 6.10 Å². The van der Waals surface area contributed by atoms with Crippen molar-refractivity contribution in [2.45, 2.75) is 20.0 Å². The van der Waals surface area contributed by atoms with E-state index in [1.54, 1.807) is 18.7 Å². The third-order valence-electron chi connectivity index (χ3n) is 3.60. The first-order chi connectivity index (χ1) is 10.9. The van der Waals surface area contributed by atoms with Gasteiger partial charge in [0.15, 0.2) is 11.2 Å². The van der Waals surface area contributed by atoms with Crippen LogP contribution >= 0.6 is 0 Å². The third-order valence-corrected chi connectivity index (χ3v) is 3.60. The number of hydrogen-bond donors (Lipinski definition) is 1. The Labute approximate surface area is 132 Å². The molecule has 2 aromatic heterocycles. The molecule has 1 aromatic carbocycles. The average molecular weight is 314 g/mol. The van der Waals surface area contributed by atoms with Crippen molar-refractivity contribution in [2.24, 2.45) is 14.1 Å². The fourth-order valence-electron chi connectivity index (χ4n) is 2.55. The lowest BCUT2D eigenvalue weighted by Gasteiger charge is -2.10. The second-order valence-electron chi connectivity index (χ2n) is 5.68. The summed E-state index contributed by atoms with van der Waals surface area (Å²) >= 11 is 0. The number of hydrogen-bond acceptors (Lipinski definition) is 4. The second kappa shape index (κ2) is 5.42. The third kappa shape index (κ3) is 2.54. The largest absolute Gasteiger partial charge is 0.491 e. The molecule has 2 heterocycles. The number of ether oxygens (including phenoxy) is 1. The van der Waals surface area contributed by atoms with Crippen LogP contribution in [0.1, 0.15) is 13.8 Å². The Morgan fingerprint density at radius 1 is 1.17 bits per heavy atom. The predicted octanol–water partition coefficient (Wildman–Crippen LogP) is 1.41. The van der Waals surface area contributed by atoms with E-state index in [9.17, 15) is 9.59 Å². The summed E-state index contributed by atoms with van der Waals surface area (Å²) in [6.07, 6.45) is 0.0642. The highest BCUT2D eigenvalue weighted by atomic mass is 16.5. The molecule has 0 saturated heterocycles. The standard InChI is InChI=1S/C16H18N4O3/c1-9(2)23-11-7-5-6-10(8-11)13-17-14-12(19(13)3)15(21)18-16(22)20(14)4/h5-9H,1-4H3,(H,18,21,22). The van der Waals surface area contributed by atoms with Gasteiger partial charge >= 0.3 is 5.69 Å². The summed E-state index contributed by atoms with van der Waals surface area (Å²) in [6.45, 7) is 3.91. The van der Waals surface area contributed by atoms with Crippen molar-refractivity contribution in [1.82, 2.24) is 19.1 Å². The molecule has 23 heavy (non-hydrogen) atoms. The number of rotatable bonds is 3. The molecule has 0 aliphatic rings. The number of aromatic amines is 1. The molecule has 1 N–H and O–H groups in total. The van der Waals surface area contributed by atoms with Crippen molar-refractivity contribution in [3.63, 3.8) is 0 Å². The summed E-state index contributed by atoms with van der Waals surface area (Å²) in [7, 11) is 3.33. The number of aryl methyl sites for hydroxylation is 2. The Hall–Kier alpha value is -2.83. The minimum absolute atomic E-state index is 0.0642. The molecule has 0 unspecified atom stereocenters. The van der Waals surface area contributed by atoms with Gasteiger partial charge in [0.2, 0.25) is 0 Å². The van der Waals surface area contributed by atoms with Crippen molar-refractivity contribution in [3.05, 3.63) is 45.1 Å². The van der Waals surface area contributed by atoms with Gasteiger partial charge in [0, 0.05) is 19.7 Å². The summed E-state index contributed by atoms with van der Waals surface area (Å²) in [6, 6.07) is 7.50. The van der Waals surface area contributed by atoms with Gasteiger partial charge in [0.25, 0.3) is 5.56 Å². The lowest BCUT2D eigenvalue weighted by molar-refractivity contribution is 0.242. The zero-order valence-corrected chi connectivity index (χ0v) is 13.5. The Kier molecular flexibility index (Phi) is 3.55. The molecule has 3 aromatic rings. The van der Waals surface area contributed by atoms with Crippen LogP contribution in [0.25, 0.3) is 22.6 Å². The number of H-pyrrole nitrogens is 1. The molecule has 0 atom stereocenters. The van der Waals surface area contributed by atoms with Gasteiger partial charge in [-0.25, -0.2) is 9.78 Å². The van der Waals surface area contributed by atoms with E-state index >= 15 is 0 Å². The maximum Gasteiger partial charge on any atom is 0.329 e. The first-order valence-electron chi connectivity index (χ1n) is 7.31. The smallest absolute Gasteiger partial charge is 0.329 e. The number of aromatic nitrogens is 4. The molecule has 0 bridgehead atoms. The summed E-state index contributed by atoms with van der Waals surface area (Å²) in [5.74, 6) is 1.33. The maximum absolute atomic E-state index is 12.1.